The molecule has 0 radical (unpaired) electrons. The predicted molar refractivity (Wildman–Crippen MR) is 66.7 cm³/mol. The number of fused-ring (bicyclic) bond motifs is 1. The molecule has 0 amide bonds. The van der Waals surface area contributed by atoms with Crippen LogP contribution in [-0.4, -0.2) is 29.1 Å². The molecular formula is C15H14O4. The second kappa shape index (κ2) is 3.58. The molecule has 1 saturated carbocycles. The van der Waals surface area contributed by atoms with Gasteiger partial charge in [-0.05, 0) is 25.0 Å². The van der Waals surface area contributed by atoms with Crippen LogP contribution in [0.15, 0.2) is 23.3 Å². The van der Waals surface area contributed by atoms with Crippen LogP contribution in [0.2, 0.25) is 0 Å². The van der Waals surface area contributed by atoms with Gasteiger partial charge in [0.2, 0.25) is 0 Å². The smallest absolute Gasteiger partial charge is 0.332 e. The summed E-state index contributed by atoms with van der Waals surface area (Å²) in [5, 5.41) is 10.8. The first-order valence-electron chi connectivity index (χ1n) is 6.22. The number of carbonyl (C=O) groups excluding carboxylic acids is 2. The zero-order valence-electron chi connectivity index (χ0n) is 10.8. The molecule has 0 bridgehead atoms. The largest absolute Gasteiger partial charge is 0.457 e. The maximum absolute atomic E-state index is 11.7. The lowest BCUT2D eigenvalue weighted by molar-refractivity contribution is -0.134. The average Bonchev–Trinajstić information content (AvgIpc) is 2.90. The lowest BCUT2D eigenvalue weighted by atomic mass is 9.74. The van der Waals surface area contributed by atoms with Crippen LogP contribution >= 0.6 is 0 Å². The highest BCUT2D eigenvalue weighted by Crippen LogP contribution is 2.63. The van der Waals surface area contributed by atoms with E-state index in [4.69, 9.17) is 4.74 Å². The Bertz CT molecular complexity index is 616. The van der Waals surface area contributed by atoms with Gasteiger partial charge in [0.15, 0.2) is 11.4 Å². The van der Waals surface area contributed by atoms with Crippen LogP contribution in [-0.2, 0) is 14.3 Å². The number of carbonyl (C=O) groups is 2. The Morgan fingerprint density at radius 2 is 2.16 bits per heavy atom. The third-order valence-corrected chi connectivity index (χ3v) is 4.40. The highest BCUT2D eigenvalue weighted by atomic mass is 16.5. The summed E-state index contributed by atoms with van der Waals surface area (Å²) in [7, 11) is 0. The van der Waals surface area contributed by atoms with Gasteiger partial charge in [-0.2, -0.15) is 0 Å². The highest BCUT2D eigenvalue weighted by molar-refractivity contribution is 5.98. The number of esters is 1. The van der Waals surface area contributed by atoms with Crippen molar-refractivity contribution < 1.29 is 19.4 Å². The first-order chi connectivity index (χ1) is 8.87. The zero-order chi connectivity index (χ0) is 13.8. The zero-order valence-corrected chi connectivity index (χ0v) is 10.8. The number of rotatable bonds is 0. The standard InChI is InChI=1S/C15H14O4/c1-9-5-12(16)11-7-14(11,2)15(9,18)4-3-10-6-13(17)19-8-10/h5-6,11,18H,7-8H2,1-2H3. The molecule has 98 valence electrons. The fraction of sp³-hybridized carbons (Fsp3) is 0.467. The molecule has 3 aliphatic rings. The van der Waals surface area contributed by atoms with Crippen molar-refractivity contribution in [1.29, 1.82) is 0 Å². The van der Waals surface area contributed by atoms with Crippen molar-refractivity contribution in [3.05, 3.63) is 23.3 Å². The van der Waals surface area contributed by atoms with Crippen molar-refractivity contribution in [2.24, 2.45) is 11.3 Å². The van der Waals surface area contributed by atoms with Gasteiger partial charge in [-0.3, -0.25) is 4.79 Å². The lowest BCUT2D eigenvalue weighted by Crippen LogP contribution is -2.42. The molecule has 0 spiro atoms. The van der Waals surface area contributed by atoms with Crippen molar-refractivity contribution in [2.45, 2.75) is 25.9 Å². The van der Waals surface area contributed by atoms with E-state index in [1.165, 1.54) is 12.2 Å². The predicted octanol–water partition coefficient (Wildman–Crippen LogP) is 0.759. The third-order valence-electron chi connectivity index (χ3n) is 4.40. The van der Waals surface area contributed by atoms with E-state index in [1.54, 1.807) is 6.92 Å². The summed E-state index contributed by atoms with van der Waals surface area (Å²) in [6, 6.07) is 0. The second-order valence-corrected chi connectivity index (χ2v) is 5.64. The number of cyclic esters (lactones) is 1. The van der Waals surface area contributed by atoms with Gasteiger partial charge in [0, 0.05) is 23.0 Å². The van der Waals surface area contributed by atoms with Crippen LogP contribution in [0, 0.1) is 23.2 Å². The van der Waals surface area contributed by atoms with Crippen LogP contribution in [0.5, 0.6) is 0 Å². The Morgan fingerprint density at radius 3 is 2.79 bits per heavy atom. The normalized spacial score (nSPS) is 39.6. The van der Waals surface area contributed by atoms with Gasteiger partial charge in [-0.15, -0.1) is 0 Å². The molecule has 0 aromatic carbocycles. The van der Waals surface area contributed by atoms with Gasteiger partial charge >= 0.3 is 5.97 Å². The molecule has 1 fully saturated rings. The minimum atomic E-state index is -1.29. The van der Waals surface area contributed by atoms with Gasteiger partial charge in [-0.25, -0.2) is 4.79 Å². The Morgan fingerprint density at radius 1 is 1.42 bits per heavy atom. The van der Waals surface area contributed by atoms with Gasteiger partial charge in [0.1, 0.15) is 6.61 Å². The van der Waals surface area contributed by atoms with Crippen molar-refractivity contribution in [1.82, 2.24) is 0 Å². The number of ether oxygens (including phenoxy) is 1. The summed E-state index contributed by atoms with van der Waals surface area (Å²) in [4.78, 5) is 22.7. The third kappa shape index (κ3) is 1.58. The van der Waals surface area contributed by atoms with Crippen LogP contribution in [0.25, 0.3) is 0 Å². The van der Waals surface area contributed by atoms with E-state index >= 15 is 0 Å². The Hall–Kier alpha value is -1.86. The molecule has 0 saturated heterocycles. The molecule has 4 nitrogen and oxygen atoms in total. The second-order valence-electron chi connectivity index (χ2n) is 5.64. The molecule has 1 heterocycles. The molecule has 3 atom stereocenters. The molecule has 19 heavy (non-hydrogen) atoms. The molecule has 1 N–H and O–H groups in total. The number of allylic oxidation sites excluding steroid dienone is 1. The summed E-state index contributed by atoms with van der Waals surface area (Å²) >= 11 is 0. The lowest BCUT2D eigenvalue weighted by Gasteiger charge is -2.33. The summed E-state index contributed by atoms with van der Waals surface area (Å²) in [5.74, 6) is 5.20. The van der Waals surface area contributed by atoms with E-state index in [0.29, 0.717) is 17.6 Å². The van der Waals surface area contributed by atoms with Crippen LogP contribution in [0.4, 0.5) is 0 Å². The highest BCUT2D eigenvalue weighted by Gasteiger charge is 2.67. The number of hydrogen-bond acceptors (Lipinski definition) is 4. The molecular weight excluding hydrogens is 244 g/mol. The number of hydrogen-bond donors (Lipinski definition) is 1. The molecule has 4 heteroatoms. The van der Waals surface area contributed by atoms with Crippen molar-refractivity contribution in [2.75, 3.05) is 6.61 Å². The Balaban J connectivity index is 1.97. The monoisotopic (exact) mass is 258 g/mol. The van der Waals surface area contributed by atoms with Gasteiger partial charge in [0.05, 0.1) is 0 Å². The van der Waals surface area contributed by atoms with Crippen LogP contribution in [0.3, 0.4) is 0 Å². The molecule has 0 aromatic rings. The van der Waals surface area contributed by atoms with E-state index < -0.39 is 17.0 Å². The van der Waals surface area contributed by atoms with Gasteiger partial charge < -0.3 is 9.84 Å². The summed E-state index contributed by atoms with van der Waals surface area (Å²) in [5.41, 5.74) is -0.658. The summed E-state index contributed by atoms with van der Waals surface area (Å²) in [6.07, 6.45) is 3.47. The topological polar surface area (TPSA) is 63.6 Å². The SMILES string of the molecule is CC1=CC(=O)C2CC2(C)C1(O)C#CC1=CC(=O)OC1. The summed E-state index contributed by atoms with van der Waals surface area (Å²) in [6.45, 7) is 3.76. The summed E-state index contributed by atoms with van der Waals surface area (Å²) < 4.78 is 4.76. The Labute approximate surface area is 111 Å². The fourth-order valence-corrected chi connectivity index (χ4v) is 2.91. The molecule has 1 aliphatic heterocycles. The van der Waals surface area contributed by atoms with E-state index in [1.807, 2.05) is 6.92 Å². The molecule has 0 aromatic heterocycles. The van der Waals surface area contributed by atoms with Crippen LogP contribution in [0.1, 0.15) is 20.3 Å². The van der Waals surface area contributed by atoms with Crippen molar-refractivity contribution >= 4 is 11.8 Å². The van der Waals surface area contributed by atoms with E-state index in [9.17, 15) is 14.7 Å². The first-order valence-corrected chi connectivity index (χ1v) is 6.22. The fourth-order valence-electron chi connectivity index (χ4n) is 2.91. The molecule has 3 rings (SSSR count). The van der Waals surface area contributed by atoms with Crippen LogP contribution < -0.4 is 0 Å². The maximum Gasteiger partial charge on any atom is 0.332 e. The van der Waals surface area contributed by atoms with Crippen molar-refractivity contribution in [3.8, 4) is 11.8 Å². The first kappa shape index (κ1) is 12.2. The van der Waals surface area contributed by atoms with E-state index in [-0.39, 0.29) is 18.3 Å². The van der Waals surface area contributed by atoms with Crippen molar-refractivity contribution in [3.63, 3.8) is 0 Å². The van der Waals surface area contributed by atoms with Gasteiger partial charge in [-0.1, -0.05) is 18.8 Å². The quantitative estimate of drug-likeness (QED) is 0.514. The minimum Gasteiger partial charge on any atom is -0.457 e. The van der Waals surface area contributed by atoms with E-state index in [0.717, 1.165) is 0 Å². The number of ketones is 1. The molecule has 2 aliphatic carbocycles. The average molecular weight is 258 g/mol. The number of aliphatic hydroxyl groups is 1. The Kier molecular flexibility index (Phi) is 2.30. The maximum atomic E-state index is 11.7. The van der Waals surface area contributed by atoms with E-state index in [2.05, 4.69) is 11.8 Å². The van der Waals surface area contributed by atoms with Gasteiger partial charge in [0.25, 0.3) is 0 Å². The minimum absolute atomic E-state index is 0.0741. The molecule has 3 unspecified atom stereocenters.